The molecule has 21 heavy (non-hydrogen) atoms. The lowest BCUT2D eigenvalue weighted by Crippen LogP contribution is -2.24. The molecule has 0 aliphatic carbocycles. The molecule has 0 unspecified atom stereocenters. The second-order valence-corrected chi connectivity index (χ2v) is 5.93. The molecule has 1 aromatic carbocycles. The van der Waals surface area contributed by atoms with Gasteiger partial charge in [0.2, 0.25) is 0 Å². The predicted octanol–water partition coefficient (Wildman–Crippen LogP) is 1.67. The average Bonchev–Trinajstić information content (AvgIpc) is 3.02. The third kappa shape index (κ3) is 2.98. The molecule has 1 aliphatic rings. The fourth-order valence-corrected chi connectivity index (χ4v) is 3.25. The van der Waals surface area contributed by atoms with Crippen molar-refractivity contribution >= 4 is 36.2 Å². The van der Waals surface area contributed by atoms with E-state index in [1.54, 1.807) is 14.5 Å². The van der Waals surface area contributed by atoms with Gasteiger partial charge in [0.15, 0.2) is 0 Å². The molecule has 1 aromatic heterocycles. The molecular formula is C14H14BIN3O2. The van der Waals surface area contributed by atoms with E-state index in [9.17, 15) is 4.79 Å². The number of aromatic nitrogens is 2. The van der Waals surface area contributed by atoms with E-state index in [0.717, 1.165) is 35.3 Å². The molecule has 2 aromatic rings. The maximum atomic E-state index is 10.6. The number of hydrogen-bond acceptors (Lipinski definition) is 4. The quantitative estimate of drug-likeness (QED) is 0.440. The van der Waals surface area contributed by atoms with Gasteiger partial charge in [-0.15, -0.1) is 0 Å². The molecule has 0 fully saturated rings. The zero-order valence-corrected chi connectivity index (χ0v) is 13.8. The van der Waals surface area contributed by atoms with Gasteiger partial charge in [-0.1, -0.05) is 12.1 Å². The molecule has 2 heterocycles. The largest absolute Gasteiger partial charge is 0.497 e. The second-order valence-electron chi connectivity index (χ2n) is 4.91. The number of halogens is 1. The highest BCUT2D eigenvalue weighted by Gasteiger charge is 2.26. The van der Waals surface area contributed by atoms with Crippen LogP contribution in [0.25, 0.3) is 0 Å². The van der Waals surface area contributed by atoms with Crippen LogP contribution in [0.3, 0.4) is 0 Å². The van der Waals surface area contributed by atoms with E-state index >= 15 is 0 Å². The van der Waals surface area contributed by atoms with E-state index in [1.165, 1.54) is 16.8 Å². The molecule has 1 aliphatic heterocycles. The molecule has 7 heteroatoms. The highest BCUT2D eigenvalue weighted by atomic mass is 127. The minimum absolute atomic E-state index is 0.726. The van der Waals surface area contributed by atoms with E-state index in [-0.39, 0.29) is 0 Å². The van der Waals surface area contributed by atoms with Crippen LogP contribution in [0.1, 0.15) is 16.8 Å². The molecule has 0 N–H and O–H groups in total. The maximum absolute atomic E-state index is 10.6. The van der Waals surface area contributed by atoms with Crippen molar-refractivity contribution < 1.29 is 9.53 Å². The van der Waals surface area contributed by atoms with Crippen LogP contribution in [0, 0.1) is 3.70 Å². The van der Waals surface area contributed by atoms with Crippen LogP contribution in [-0.2, 0) is 24.4 Å². The number of nitrogens with zero attached hydrogens (tertiary/aromatic N) is 3. The number of methoxy groups -OCH3 is 1. The maximum Gasteiger partial charge on any atom is 0.293 e. The lowest BCUT2D eigenvalue weighted by atomic mass is 9.96. The van der Waals surface area contributed by atoms with E-state index in [0.29, 0.717) is 0 Å². The Morgan fingerprint density at radius 2 is 2.14 bits per heavy atom. The second kappa shape index (κ2) is 6.19. The van der Waals surface area contributed by atoms with Gasteiger partial charge in [-0.25, -0.2) is 0 Å². The summed E-state index contributed by atoms with van der Waals surface area (Å²) >= 11 is 2.26. The van der Waals surface area contributed by atoms with E-state index < -0.39 is 0 Å². The summed E-state index contributed by atoms with van der Waals surface area (Å²) < 4.78 is 8.21. The van der Waals surface area contributed by atoms with Crippen LogP contribution < -0.4 is 4.74 Å². The summed E-state index contributed by atoms with van der Waals surface area (Å²) in [6.45, 7) is 2.22. The van der Waals surface area contributed by atoms with Crippen molar-refractivity contribution in [3.05, 3.63) is 44.8 Å². The molecule has 0 saturated heterocycles. The molecule has 1 radical (unpaired) electrons. The van der Waals surface area contributed by atoms with Gasteiger partial charge in [-0.2, -0.15) is 5.10 Å². The van der Waals surface area contributed by atoms with Crippen molar-refractivity contribution in [1.82, 2.24) is 14.6 Å². The van der Waals surface area contributed by atoms with Crippen LogP contribution in [0.2, 0.25) is 0 Å². The predicted molar refractivity (Wildman–Crippen MR) is 88.8 cm³/mol. The summed E-state index contributed by atoms with van der Waals surface area (Å²) in [5.41, 5.74) is 3.59. The summed E-state index contributed by atoms with van der Waals surface area (Å²) in [4.78, 5) is 12.6. The van der Waals surface area contributed by atoms with Crippen LogP contribution in [-0.4, -0.2) is 35.3 Å². The number of rotatable bonds is 5. The number of carbonyl (C=O) groups is 1. The molecule has 0 saturated carbocycles. The van der Waals surface area contributed by atoms with Gasteiger partial charge in [0.05, 0.1) is 25.5 Å². The Morgan fingerprint density at radius 3 is 2.81 bits per heavy atom. The Morgan fingerprint density at radius 1 is 1.38 bits per heavy atom. The fraction of sp³-hybridized carbons (Fsp3) is 0.286. The van der Waals surface area contributed by atoms with E-state index in [4.69, 9.17) is 4.74 Å². The molecular weight excluding hydrogens is 380 g/mol. The summed E-state index contributed by atoms with van der Waals surface area (Å²) in [6, 6.07) is 8.00. The fourth-order valence-electron chi connectivity index (χ4n) is 2.51. The number of benzene rings is 1. The van der Waals surface area contributed by atoms with Crippen molar-refractivity contribution in [2.45, 2.75) is 19.6 Å². The minimum Gasteiger partial charge on any atom is -0.497 e. The molecule has 107 valence electrons. The van der Waals surface area contributed by atoms with Crippen molar-refractivity contribution in [3.8, 4) is 5.75 Å². The minimum atomic E-state index is 0.726. The first-order valence-corrected chi connectivity index (χ1v) is 7.69. The Labute approximate surface area is 137 Å². The molecule has 0 spiro atoms. The smallest absolute Gasteiger partial charge is 0.293 e. The Bertz CT molecular complexity index is 657. The lowest BCUT2D eigenvalue weighted by Gasteiger charge is -2.11. The highest BCUT2D eigenvalue weighted by Crippen LogP contribution is 2.27. The number of ether oxygens (including phenoxy) is 1. The number of hydrogen-bond donors (Lipinski definition) is 0. The van der Waals surface area contributed by atoms with Gasteiger partial charge in [0, 0.05) is 18.7 Å². The highest BCUT2D eigenvalue weighted by molar-refractivity contribution is 14.1. The number of carbonyl (C=O) groups excluding carboxylic acids is 1. The van der Waals surface area contributed by atoms with Gasteiger partial charge < -0.3 is 14.3 Å². The third-order valence-electron chi connectivity index (χ3n) is 3.59. The standard InChI is InChI=1S/C14H14BIN3O2/c1-21-11-4-2-10(3-5-11)6-19-13-8-18(15-9-20)7-12(13)14(16)17-19/h2-5,9H,6-8H2,1H3. The molecule has 0 atom stereocenters. The molecule has 0 bridgehead atoms. The van der Waals surface area contributed by atoms with E-state index in [2.05, 4.69) is 27.7 Å². The first-order valence-electron chi connectivity index (χ1n) is 6.61. The third-order valence-corrected chi connectivity index (χ3v) is 4.46. The van der Waals surface area contributed by atoms with Gasteiger partial charge in [0.25, 0.3) is 7.41 Å². The van der Waals surface area contributed by atoms with Crippen molar-refractivity contribution in [3.63, 3.8) is 0 Å². The summed E-state index contributed by atoms with van der Waals surface area (Å²) in [5.74, 6) is 0.853. The SMILES string of the molecule is COc1ccc(Cn2nc(I)c3c2CN([B]C=O)C3)cc1. The van der Waals surface area contributed by atoms with E-state index in [1.807, 2.05) is 33.8 Å². The van der Waals surface area contributed by atoms with Crippen LogP contribution >= 0.6 is 22.6 Å². The van der Waals surface area contributed by atoms with Gasteiger partial charge in [-0.3, -0.25) is 4.68 Å². The normalized spacial score (nSPS) is 14.0. The molecule has 3 rings (SSSR count). The Hall–Kier alpha value is -1.35. The Kier molecular flexibility index (Phi) is 4.30. The Balaban J connectivity index is 1.81. The zero-order valence-electron chi connectivity index (χ0n) is 11.6. The van der Waals surface area contributed by atoms with Crippen molar-refractivity contribution in [2.24, 2.45) is 0 Å². The first kappa shape index (κ1) is 14.6. The van der Waals surface area contributed by atoms with Gasteiger partial charge >= 0.3 is 0 Å². The van der Waals surface area contributed by atoms with Crippen molar-refractivity contribution in [1.29, 1.82) is 0 Å². The summed E-state index contributed by atoms with van der Waals surface area (Å²) in [5, 5.41) is 4.61. The summed E-state index contributed by atoms with van der Waals surface area (Å²) in [6.07, 6.45) is 0.833. The molecule has 0 amide bonds. The lowest BCUT2D eigenvalue weighted by molar-refractivity contribution is 0.414. The first-order chi connectivity index (χ1) is 10.2. The zero-order chi connectivity index (χ0) is 14.8. The van der Waals surface area contributed by atoms with Crippen LogP contribution in [0.5, 0.6) is 5.75 Å². The average molecular weight is 394 g/mol. The summed E-state index contributed by atoms with van der Waals surface area (Å²) in [7, 11) is 3.25. The number of fused-ring (bicyclic) bond motifs is 1. The molecule has 5 nitrogen and oxygen atoms in total. The monoisotopic (exact) mass is 394 g/mol. The van der Waals surface area contributed by atoms with Crippen LogP contribution in [0.4, 0.5) is 0 Å². The topological polar surface area (TPSA) is 47.4 Å². The van der Waals surface area contributed by atoms with Gasteiger partial charge in [0.1, 0.15) is 9.45 Å². The van der Waals surface area contributed by atoms with Gasteiger partial charge in [-0.05, 0) is 40.3 Å². The van der Waals surface area contributed by atoms with Crippen LogP contribution in [0.15, 0.2) is 24.3 Å². The van der Waals surface area contributed by atoms with Crippen molar-refractivity contribution in [2.75, 3.05) is 7.11 Å².